The number of hydrogen-bond donors (Lipinski definition) is 0. The number of hydrogen-bond acceptors (Lipinski definition) is 4. The molecule has 0 bridgehead atoms. The quantitative estimate of drug-likeness (QED) is 0.248. The molecule has 1 fully saturated rings. The number of halogens is 2. The van der Waals surface area contributed by atoms with Crippen molar-refractivity contribution < 1.29 is 9.53 Å². The third-order valence-electron chi connectivity index (χ3n) is 10.7. The lowest BCUT2D eigenvalue weighted by Crippen LogP contribution is -2.65. The largest absolute Gasteiger partial charge is 0.490 e. The minimum Gasteiger partial charge on any atom is -0.490 e. The third kappa shape index (κ3) is 6.36. The Balaban J connectivity index is 1.80. The highest BCUT2D eigenvalue weighted by atomic mass is 35.5. The van der Waals surface area contributed by atoms with E-state index < -0.39 is 11.1 Å². The highest BCUT2D eigenvalue weighted by Crippen LogP contribution is 2.54. The average molecular weight is 692 g/mol. The highest BCUT2D eigenvalue weighted by Gasteiger charge is 2.60. The Kier molecular flexibility index (Phi) is 10.1. The lowest BCUT2D eigenvalue weighted by atomic mass is 9.71. The predicted octanol–water partition coefficient (Wildman–Crippen LogP) is 9.90. The van der Waals surface area contributed by atoms with Gasteiger partial charge in [-0.1, -0.05) is 88.2 Å². The number of aliphatic imine (C=N–C) groups is 1. The van der Waals surface area contributed by atoms with Crippen LogP contribution in [-0.4, -0.2) is 64.4 Å². The summed E-state index contributed by atoms with van der Waals surface area (Å²) >= 11 is 12.9. The summed E-state index contributed by atoms with van der Waals surface area (Å²) in [6.45, 7) is 24.6. The van der Waals surface area contributed by atoms with Crippen molar-refractivity contribution >= 4 is 35.1 Å². The Morgan fingerprint density at radius 2 is 1.48 bits per heavy atom. The Bertz CT molecular complexity index is 1670. The molecule has 3 aromatic rings. The van der Waals surface area contributed by atoms with E-state index >= 15 is 4.79 Å². The van der Waals surface area contributed by atoms with Gasteiger partial charge < -0.3 is 9.64 Å². The maximum Gasteiger partial charge on any atom is 0.326 e. The van der Waals surface area contributed by atoms with Crippen molar-refractivity contribution in [1.29, 1.82) is 0 Å². The minimum atomic E-state index is -0.958. The van der Waals surface area contributed by atoms with Crippen molar-refractivity contribution in [3.05, 3.63) is 99.0 Å². The molecule has 2 amide bonds. The summed E-state index contributed by atoms with van der Waals surface area (Å²) < 4.78 is 6.55. The molecule has 0 aliphatic carbocycles. The van der Waals surface area contributed by atoms with Gasteiger partial charge >= 0.3 is 6.03 Å². The lowest BCUT2D eigenvalue weighted by Gasteiger charge is -2.51. The van der Waals surface area contributed by atoms with Crippen LogP contribution in [0, 0.1) is 0 Å². The molecular formula is C40H52Cl2N4O2. The molecular weight excluding hydrogens is 639 g/mol. The molecule has 1 unspecified atom stereocenters. The van der Waals surface area contributed by atoms with Crippen LogP contribution in [-0.2, 0) is 16.5 Å². The summed E-state index contributed by atoms with van der Waals surface area (Å²) in [6.07, 6.45) is 0.853. The van der Waals surface area contributed by atoms with Crippen molar-refractivity contribution in [2.75, 3.05) is 26.2 Å². The van der Waals surface area contributed by atoms with Gasteiger partial charge in [-0.25, -0.2) is 4.79 Å². The molecule has 6 nitrogen and oxygen atoms in total. The third-order valence-corrected chi connectivity index (χ3v) is 11.2. The van der Waals surface area contributed by atoms with E-state index in [2.05, 4.69) is 78.5 Å². The second-order valence-corrected chi connectivity index (χ2v) is 16.1. The summed E-state index contributed by atoms with van der Waals surface area (Å²) in [7, 11) is 0. The van der Waals surface area contributed by atoms with Gasteiger partial charge in [-0.15, -0.1) is 0 Å². The van der Waals surface area contributed by atoms with Crippen molar-refractivity contribution in [2.45, 2.75) is 104 Å². The monoisotopic (exact) mass is 690 g/mol. The number of benzene rings is 3. The van der Waals surface area contributed by atoms with Gasteiger partial charge in [-0.3, -0.25) is 14.8 Å². The smallest absolute Gasteiger partial charge is 0.326 e. The van der Waals surface area contributed by atoms with Crippen LogP contribution in [0.2, 0.25) is 10.0 Å². The van der Waals surface area contributed by atoms with Gasteiger partial charge in [0.05, 0.1) is 11.7 Å². The molecule has 2 heterocycles. The Labute approximate surface area is 298 Å². The lowest BCUT2D eigenvalue weighted by molar-refractivity contribution is 0.0132. The van der Waals surface area contributed by atoms with Gasteiger partial charge in [0.1, 0.15) is 22.7 Å². The van der Waals surface area contributed by atoms with E-state index in [1.54, 1.807) is 0 Å². The number of nitrogens with zero attached hydrogens (tertiary/aromatic N) is 4. The second kappa shape index (κ2) is 13.3. The van der Waals surface area contributed by atoms with E-state index in [1.807, 2.05) is 72.2 Å². The Morgan fingerprint density at radius 3 is 2.00 bits per heavy atom. The molecule has 0 spiro atoms. The first-order valence-corrected chi connectivity index (χ1v) is 18.0. The van der Waals surface area contributed by atoms with E-state index in [1.165, 1.54) is 0 Å². The number of ether oxygens (including phenoxy) is 1. The van der Waals surface area contributed by atoms with Crippen LogP contribution in [0.25, 0.3) is 0 Å². The molecule has 5 rings (SSSR count). The zero-order valence-electron chi connectivity index (χ0n) is 30.3. The first-order valence-electron chi connectivity index (χ1n) is 17.3. The molecule has 8 heteroatoms. The van der Waals surface area contributed by atoms with Crippen LogP contribution in [0.15, 0.2) is 71.7 Å². The number of piperazine rings is 1. The summed E-state index contributed by atoms with van der Waals surface area (Å²) in [4.78, 5) is 27.5. The number of amidine groups is 1. The van der Waals surface area contributed by atoms with E-state index in [9.17, 15) is 0 Å². The van der Waals surface area contributed by atoms with Crippen molar-refractivity contribution in [3.63, 3.8) is 0 Å². The van der Waals surface area contributed by atoms with E-state index in [4.69, 9.17) is 32.9 Å². The van der Waals surface area contributed by atoms with Gasteiger partial charge in [0, 0.05) is 35.2 Å². The number of rotatable bonds is 7. The summed E-state index contributed by atoms with van der Waals surface area (Å²) in [5.74, 6) is 1.30. The summed E-state index contributed by atoms with van der Waals surface area (Å²) in [5, 5.41) is 1.27. The fourth-order valence-electron chi connectivity index (χ4n) is 7.37. The first-order chi connectivity index (χ1) is 22.5. The summed E-state index contributed by atoms with van der Waals surface area (Å²) in [5.41, 5.74) is 1.70. The van der Waals surface area contributed by atoms with Crippen LogP contribution in [0.5, 0.6) is 5.75 Å². The Morgan fingerprint density at radius 1 is 0.896 bits per heavy atom. The van der Waals surface area contributed by atoms with Crippen LogP contribution >= 0.6 is 23.2 Å². The number of carbonyl (C=O) groups is 1. The fourth-order valence-corrected chi connectivity index (χ4v) is 7.63. The van der Waals surface area contributed by atoms with Crippen LogP contribution in [0.4, 0.5) is 4.79 Å². The maximum atomic E-state index is 15.4. The summed E-state index contributed by atoms with van der Waals surface area (Å²) in [6, 6.07) is 21.9. The minimum absolute atomic E-state index is 0.0743. The van der Waals surface area contributed by atoms with Crippen molar-refractivity contribution in [1.82, 2.24) is 14.7 Å². The molecule has 0 radical (unpaired) electrons. The highest BCUT2D eigenvalue weighted by molar-refractivity contribution is 6.30. The topological polar surface area (TPSA) is 48.4 Å². The van der Waals surface area contributed by atoms with Crippen molar-refractivity contribution in [2.24, 2.45) is 4.99 Å². The normalized spacial score (nSPS) is 25.1. The van der Waals surface area contributed by atoms with Gasteiger partial charge in [0.2, 0.25) is 0 Å². The van der Waals surface area contributed by atoms with E-state index in [0.29, 0.717) is 34.7 Å². The average Bonchev–Trinajstić information content (AvgIpc) is 3.28. The van der Waals surface area contributed by atoms with Gasteiger partial charge in [-0.2, -0.15) is 0 Å². The molecule has 258 valence electrons. The molecule has 3 atom stereocenters. The molecule has 0 saturated carbocycles. The zero-order valence-corrected chi connectivity index (χ0v) is 31.8. The second-order valence-electron chi connectivity index (χ2n) is 15.2. The predicted molar refractivity (Wildman–Crippen MR) is 200 cm³/mol. The standard InChI is InChI=1S/C40H52Cl2N4O2/c1-11-38(8)26-44(23-24-45(38)12-2)36(47)46-35(33-22-17-30(37(5,6)7)25-34(33)48-27(3)4)43-39(9,28-13-18-31(41)19-14-28)40(46,10)29-15-20-32(42)21-16-29/h13-22,25,27H,11-12,23-24,26H2,1-10H3/t38?,39-,40+/m0/s1. The molecule has 0 aromatic heterocycles. The van der Waals surface area contributed by atoms with E-state index in [0.717, 1.165) is 41.8 Å². The molecule has 0 N–H and O–H groups in total. The van der Waals surface area contributed by atoms with Crippen LogP contribution in [0.3, 0.4) is 0 Å². The van der Waals surface area contributed by atoms with Gasteiger partial charge in [0.15, 0.2) is 0 Å². The van der Waals surface area contributed by atoms with E-state index in [-0.39, 0.29) is 23.1 Å². The Hall–Kier alpha value is -3.06. The molecule has 2 aliphatic heterocycles. The van der Waals surface area contributed by atoms with Crippen LogP contribution in [0.1, 0.15) is 97.9 Å². The number of carbonyl (C=O) groups excluding carboxylic acids is 1. The van der Waals surface area contributed by atoms with Gasteiger partial charge in [-0.05, 0) is 106 Å². The zero-order chi connectivity index (χ0) is 35.2. The number of urea groups is 1. The van der Waals surface area contributed by atoms with Crippen molar-refractivity contribution in [3.8, 4) is 5.75 Å². The number of amides is 2. The molecule has 3 aromatic carbocycles. The molecule has 2 aliphatic rings. The first kappa shape index (κ1) is 36.2. The molecule has 1 saturated heterocycles. The number of likely N-dealkylation sites (N-methyl/N-ethyl adjacent to an activating group) is 1. The molecule has 48 heavy (non-hydrogen) atoms. The maximum absolute atomic E-state index is 15.4. The van der Waals surface area contributed by atoms with Gasteiger partial charge in [0.25, 0.3) is 0 Å². The SMILES string of the molecule is CCN1CCN(C(=O)N2C(c3ccc(C(C)(C)C)cc3OC(C)C)=N[C@@](C)(c3ccc(Cl)cc3)[C@@]2(C)c2ccc(Cl)cc2)CC1(C)CC. The fraction of sp³-hybridized carbons (Fsp3) is 0.500. The van der Waals surface area contributed by atoms with Crippen LogP contribution < -0.4 is 4.74 Å².